The number of nitrogens with one attached hydrogen (secondary N) is 1. The third-order valence-electron chi connectivity index (χ3n) is 3.42. The normalized spacial score (nSPS) is 13.8. The van der Waals surface area contributed by atoms with Gasteiger partial charge in [0.25, 0.3) is 5.91 Å². The van der Waals surface area contributed by atoms with Gasteiger partial charge in [0.2, 0.25) is 5.82 Å². The fourth-order valence-electron chi connectivity index (χ4n) is 1.74. The van der Waals surface area contributed by atoms with Gasteiger partial charge in [-0.3, -0.25) is 4.79 Å². The Bertz CT molecular complexity index is 777. The van der Waals surface area contributed by atoms with Crippen molar-refractivity contribution in [2.75, 3.05) is 0 Å². The van der Waals surface area contributed by atoms with Crippen molar-refractivity contribution in [1.29, 1.82) is 5.26 Å². The zero-order valence-electron chi connectivity index (χ0n) is 12.8. The van der Waals surface area contributed by atoms with Crippen LogP contribution in [-0.2, 0) is 6.18 Å². The second kappa shape index (κ2) is 6.31. The zero-order chi connectivity index (χ0) is 18.0. The van der Waals surface area contributed by atoms with Crippen LogP contribution in [0.4, 0.5) is 13.2 Å². The minimum Gasteiger partial charge on any atom is -0.334 e. The summed E-state index contributed by atoms with van der Waals surface area (Å²) in [5, 5.41) is 14.9. The number of alkyl halides is 3. The van der Waals surface area contributed by atoms with Crippen LogP contribution in [0.25, 0.3) is 11.4 Å². The van der Waals surface area contributed by atoms with E-state index < -0.39 is 23.5 Å². The Morgan fingerprint density at radius 3 is 2.42 bits per heavy atom. The zero-order valence-corrected chi connectivity index (χ0v) is 12.8. The molecule has 9 heteroatoms. The van der Waals surface area contributed by atoms with E-state index in [9.17, 15) is 18.0 Å². The van der Waals surface area contributed by atoms with E-state index in [0.29, 0.717) is 6.42 Å². The topological polar surface area (TPSA) is 91.8 Å². The van der Waals surface area contributed by atoms with Gasteiger partial charge in [0.05, 0.1) is 6.07 Å². The van der Waals surface area contributed by atoms with Crippen LogP contribution in [0.3, 0.4) is 0 Å². The summed E-state index contributed by atoms with van der Waals surface area (Å²) >= 11 is 0. The van der Waals surface area contributed by atoms with Gasteiger partial charge in [0, 0.05) is 11.1 Å². The smallest absolute Gasteiger partial charge is 0.334 e. The van der Waals surface area contributed by atoms with E-state index in [-0.39, 0.29) is 17.0 Å². The Morgan fingerprint density at radius 2 is 1.96 bits per heavy atom. The number of halogens is 3. The molecule has 0 aliphatic rings. The number of carbonyl (C=O) groups excluding carboxylic acids is 1. The summed E-state index contributed by atoms with van der Waals surface area (Å²) < 4.78 is 41.5. The first-order valence-corrected chi connectivity index (χ1v) is 6.93. The second-order valence-electron chi connectivity index (χ2n) is 5.25. The molecule has 1 aromatic carbocycles. The van der Waals surface area contributed by atoms with Gasteiger partial charge in [-0.15, -0.1) is 0 Å². The number of hydrogen-bond acceptors (Lipinski definition) is 5. The molecule has 0 spiro atoms. The number of nitriles is 1. The molecule has 24 heavy (non-hydrogen) atoms. The van der Waals surface area contributed by atoms with Crippen molar-refractivity contribution in [2.45, 2.75) is 32.0 Å². The van der Waals surface area contributed by atoms with Crippen molar-refractivity contribution in [3.8, 4) is 17.5 Å². The van der Waals surface area contributed by atoms with Crippen molar-refractivity contribution < 1.29 is 22.5 Å². The first-order valence-electron chi connectivity index (χ1n) is 6.93. The predicted octanol–water partition coefficient (Wildman–Crippen LogP) is 3.18. The molecule has 0 aliphatic carbocycles. The molecule has 6 nitrogen and oxygen atoms in total. The standard InChI is InChI=1S/C15H13F3N4O2/c1-3-14(2,8-19)21-12(23)10-6-4-9(5-7-10)11-20-13(24-22-11)15(16,17)18/h4-7H,3H2,1-2H3,(H,21,23)/t14-/m1/s1. The van der Waals surface area contributed by atoms with Gasteiger partial charge in [-0.25, -0.2) is 0 Å². The van der Waals surface area contributed by atoms with Crippen molar-refractivity contribution in [1.82, 2.24) is 15.5 Å². The Hall–Kier alpha value is -2.89. The number of aromatic nitrogens is 2. The fourth-order valence-corrected chi connectivity index (χ4v) is 1.74. The van der Waals surface area contributed by atoms with E-state index in [1.165, 1.54) is 24.3 Å². The summed E-state index contributed by atoms with van der Waals surface area (Å²) in [6, 6.07) is 7.62. The van der Waals surface area contributed by atoms with Gasteiger partial charge in [0.1, 0.15) is 5.54 Å². The van der Waals surface area contributed by atoms with Crippen LogP contribution in [0.1, 0.15) is 36.5 Å². The predicted molar refractivity (Wildman–Crippen MR) is 76.5 cm³/mol. The van der Waals surface area contributed by atoms with Crippen LogP contribution in [-0.4, -0.2) is 21.6 Å². The van der Waals surface area contributed by atoms with Gasteiger partial charge < -0.3 is 9.84 Å². The molecule has 1 aromatic heterocycles. The summed E-state index contributed by atoms with van der Waals surface area (Å²) in [4.78, 5) is 15.4. The fraction of sp³-hybridized carbons (Fsp3) is 0.333. The van der Waals surface area contributed by atoms with E-state index in [2.05, 4.69) is 20.0 Å². The van der Waals surface area contributed by atoms with Crippen LogP contribution < -0.4 is 5.32 Å². The maximum absolute atomic E-state index is 12.4. The molecule has 2 rings (SSSR count). The first kappa shape index (κ1) is 17.5. The number of amides is 1. The molecular formula is C15H13F3N4O2. The Kier molecular flexibility index (Phi) is 4.59. The number of hydrogen-bond donors (Lipinski definition) is 1. The van der Waals surface area contributed by atoms with E-state index in [0.717, 1.165) is 0 Å². The van der Waals surface area contributed by atoms with E-state index in [1.807, 2.05) is 6.07 Å². The van der Waals surface area contributed by atoms with Crippen molar-refractivity contribution in [3.63, 3.8) is 0 Å². The van der Waals surface area contributed by atoms with Crippen LogP contribution in [0.2, 0.25) is 0 Å². The summed E-state index contributed by atoms with van der Waals surface area (Å²) in [7, 11) is 0. The third-order valence-corrected chi connectivity index (χ3v) is 3.42. The molecule has 0 saturated carbocycles. The Morgan fingerprint density at radius 1 is 1.33 bits per heavy atom. The summed E-state index contributed by atoms with van der Waals surface area (Å²) in [6.45, 7) is 3.36. The van der Waals surface area contributed by atoms with Crippen LogP contribution in [0, 0.1) is 11.3 Å². The lowest BCUT2D eigenvalue weighted by molar-refractivity contribution is -0.159. The molecule has 0 saturated heterocycles. The summed E-state index contributed by atoms with van der Waals surface area (Å²) in [5.41, 5.74) is -0.469. The van der Waals surface area contributed by atoms with Gasteiger partial charge in [-0.1, -0.05) is 24.2 Å². The molecule has 1 atom stereocenters. The minimum absolute atomic E-state index is 0.232. The van der Waals surface area contributed by atoms with Gasteiger partial charge in [0.15, 0.2) is 0 Å². The highest BCUT2D eigenvalue weighted by Crippen LogP contribution is 2.29. The van der Waals surface area contributed by atoms with Crippen molar-refractivity contribution >= 4 is 5.91 Å². The molecule has 1 heterocycles. The maximum Gasteiger partial charge on any atom is 0.471 e. The van der Waals surface area contributed by atoms with Crippen molar-refractivity contribution in [2.24, 2.45) is 0 Å². The molecule has 126 valence electrons. The maximum atomic E-state index is 12.4. The monoisotopic (exact) mass is 338 g/mol. The lowest BCUT2D eigenvalue weighted by atomic mass is 10.0. The van der Waals surface area contributed by atoms with Gasteiger partial charge in [-0.05, 0) is 25.5 Å². The first-order chi connectivity index (χ1) is 11.2. The lowest BCUT2D eigenvalue weighted by Crippen LogP contribution is -2.44. The Balaban J connectivity index is 2.18. The molecule has 0 unspecified atom stereocenters. The van der Waals surface area contributed by atoms with E-state index >= 15 is 0 Å². The molecule has 2 aromatic rings. The second-order valence-corrected chi connectivity index (χ2v) is 5.25. The van der Waals surface area contributed by atoms with Gasteiger partial charge >= 0.3 is 12.1 Å². The molecular weight excluding hydrogens is 325 g/mol. The molecule has 0 aliphatic heterocycles. The van der Waals surface area contributed by atoms with Crippen LogP contribution in [0.5, 0.6) is 0 Å². The van der Waals surface area contributed by atoms with Gasteiger partial charge in [-0.2, -0.15) is 23.4 Å². The number of rotatable bonds is 4. The average molecular weight is 338 g/mol. The molecule has 0 bridgehead atoms. The lowest BCUT2D eigenvalue weighted by Gasteiger charge is -2.21. The quantitative estimate of drug-likeness (QED) is 0.924. The molecule has 1 N–H and O–H groups in total. The van der Waals surface area contributed by atoms with Crippen LogP contribution in [0.15, 0.2) is 28.8 Å². The molecule has 1 amide bonds. The Labute approximate surface area is 135 Å². The number of carbonyl (C=O) groups is 1. The van der Waals surface area contributed by atoms with E-state index in [1.54, 1.807) is 13.8 Å². The van der Waals surface area contributed by atoms with Crippen LogP contribution >= 0.6 is 0 Å². The average Bonchev–Trinajstić information content (AvgIpc) is 3.05. The SMILES string of the molecule is CC[C@](C)(C#N)NC(=O)c1ccc(-c2noc(C(F)(F)F)n2)cc1. The number of nitrogens with zero attached hydrogens (tertiary/aromatic N) is 3. The largest absolute Gasteiger partial charge is 0.471 e. The third kappa shape index (κ3) is 3.71. The minimum atomic E-state index is -4.72. The highest BCUT2D eigenvalue weighted by molar-refractivity contribution is 5.95. The summed E-state index contributed by atoms with van der Waals surface area (Å²) in [5.74, 6) is -2.13. The number of benzene rings is 1. The molecule has 0 fully saturated rings. The highest BCUT2D eigenvalue weighted by Gasteiger charge is 2.38. The summed E-state index contributed by atoms with van der Waals surface area (Å²) in [6.07, 6.45) is -4.29. The van der Waals surface area contributed by atoms with E-state index in [4.69, 9.17) is 5.26 Å². The van der Waals surface area contributed by atoms with Crippen molar-refractivity contribution in [3.05, 3.63) is 35.7 Å². The highest BCUT2D eigenvalue weighted by atomic mass is 19.4. The molecule has 0 radical (unpaired) electrons.